The van der Waals surface area contributed by atoms with Crippen molar-refractivity contribution in [2.75, 3.05) is 25.9 Å². The monoisotopic (exact) mass is 284 g/mol. The van der Waals surface area contributed by atoms with Crippen LogP contribution in [0.4, 0.5) is 0 Å². The highest BCUT2D eigenvalue weighted by Crippen LogP contribution is 2.41. The van der Waals surface area contributed by atoms with Crippen LogP contribution in [0.1, 0.15) is 52.9 Å². The van der Waals surface area contributed by atoms with Crippen molar-refractivity contribution in [3.63, 3.8) is 0 Å². The van der Waals surface area contributed by atoms with Gasteiger partial charge in [0.1, 0.15) is 0 Å². The predicted molar refractivity (Wildman–Crippen MR) is 87.0 cm³/mol. The van der Waals surface area contributed by atoms with Gasteiger partial charge in [-0.2, -0.15) is 11.8 Å². The van der Waals surface area contributed by atoms with E-state index in [0.717, 1.165) is 5.92 Å². The normalized spacial score (nSPS) is 33.5. The highest BCUT2D eigenvalue weighted by atomic mass is 32.2. The van der Waals surface area contributed by atoms with Crippen molar-refractivity contribution < 1.29 is 0 Å². The van der Waals surface area contributed by atoms with Crippen molar-refractivity contribution in [1.29, 1.82) is 0 Å². The van der Waals surface area contributed by atoms with Crippen LogP contribution in [0.15, 0.2) is 0 Å². The summed E-state index contributed by atoms with van der Waals surface area (Å²) in [5.41, 5.74) is 0. The number of nitrogens with one attached hydrogen (secondary N) is 1. The summed E-state index contributed by atoms with van der Waals surface area (Å²) >= 11 is 2.13. The molecule has 1 heterocycles. The molecule has 2 rings (SSSR count). The van der Waals surface area contributed by atoms with Gasteiger partial charge < -0.3 is 5.32 Å². The van der Waals surface area contributed by atoms with E-state index in [1.807, 2.05) is 0 Å². The molecule has 0 aromatic carbocycles. The van der Waals surface area contributed by atoms with Crippen molar-refractivity contribution in [3.05, 3.63) is 0 Å². The molecule has 2 fully saturated rings. The summed E-state index contributed by atoms with van der Waals surface area (Å²) in [4.78, 5) is 2.77. The Morgan fingerprint density at radius 1 is 1.37 bits per heavy atom. The van der Waals surface area contributed by atoms with Crippen molar-refractivity contribution in [3.8, 4) is 0 Å². The standard InChI is InChI=1S/C16H32N2S/c1-5-13(2)15-11-18(14(3)10-17-15)12-16(19-4)8-6-7-9-16/h13-15,17H,5-12H2,1-4H3. The molecule has 0 radical (unpaired) electrons. The Bertz CT molecular complexity index is 276. The lowest BCUT2D eigenvalue weighted by molar-refractivity contribution is 0.108. The molecule has 0 amide bonds. The zero-order valence-electron chi connectivity index (χ0n) is 13.2. The van der Waals surface area contributed by atoms with Gasteiger partial charge in [0.05, 0.1) is 0 Å². The molecule has 0 aromatic rings. The van der Waals surface area contributed by atoms with E-state index in [4.69, 9.17) is 0 Å². The number of hydrogen-bond acceptors (Lipinski definition) is 3. The van der Waals surface area contributed by atoms with E-state index >= 15 is 0 Å². The summed E-state index contributed by atoms with van der Waals surface area (Å²) in [7, 11) is 0. The number of thioether (sulfide) groups is 1. The molecule has 0 aromatic heterocycles. The van der Waals surface area contributed by atoms with Crippen LogP contribution in [0.5, 0.6) is 0 Å². The fraction of sp³-hybridized carbons (Fsp3) is 1.00. The third-order valence-electron chi connectivity index (χ3n) is 5.50. The maximum absolute atomic E-state index is 3.76. The van der Waals surface area contributed by atoms with Crippen LogP contribution >= 0.6 is 11.8 Å². The Morgan fingerprint density at radius 2 is 2.05 bits per heavy atom. The largest absolute Gasteiger partial charge is 0.311 e. The molecule has 3 heteroatoms. The molecule has 1 aliphatic heterocycles. The van der Waals surface area contributed by atoms with E-state index in [0.29, 0.717) is 16.8 Å². The fourth-order valence-corrected chi connectivity index (χ4v) is 4.64. The third kappa shape index (κ3) is 3.68. The first-order valence-electron chi connectivity index (χ1n) is 8.13. The molecular formula is C16H32N2S. The highest BCUT2D eigenvalue weighted by Gasteiger charge is 2.38. The van der Waals surface area contributed by atoms with Gasteiger partial charge in [0.25, 0.3) is 0 Å². The quantitative estimate of drug-likeness (QED) is 0.833. The first-order chi connectivity index (χ1) is 9.10. The molecular weight excluding hydrogens is 252 g/mol. The minimum atomic E-state index is 0.561. The van der Waals surface area contributed by atoms with Gasteiger partial charge in [-0.1, -0.05) is 33.1 Å². The van der Waals surface area contributed by atoms with Gasteiger partial charge in [-0.3, -0.25) is 4.90 Å². The SMILES string of the molecule is CCC(C)C1CN(CC2(SC)CCCC2)C(C)CN1. The molecule has 2 aliphatic rings. The number of piperazine rings is 1. The maximum atomic E-state index is 3.76. The van der Waals surface area contributed by atoms with E-state index in [9.17, 15) is 0 Å². The Labute approximate surface area is 124 Å². The minimum Gasteiger partial charge on any atom is -0.311 e. The minimum absolute atomic E-state index is 0.561. The smallest absolute Gasteiger partial charge is 0.0284 e. The van der Waals surface area contributed by atoms with Crippen LogP contribution in [0.3, 0.4) is 0 Å². The fourth-order valence-electron chi connectivity index (χ4n) is 3.65. The molecule has 2 nitrogen and oxygen atoms in total. The second kappa shape index (κ2) is 6.82. The van der Waals surface area contributed by atoms with E-state index in [2.05, 4.69) is 49.0 Å². The topological polar surface area (TPSA) is 15.3 Å². The molecule has 1 saturated heterocycles. The summed E-state index contributed by atoms with van der Waals surface area (Å²) in [5.74, 6) is 0.795. The van der Waals surface area contributed by atoms with Gasteiger partial charge in [-0.15, -0.1) is 0 Å². The van der Waals surface area contributed by atoms with Crippen molar-refractivity contribution in [1.82, 2.24) is 10.2 Å². The Morgan fingerprint density at radius 3 is 2.63 bits per heavy atom. The zero-order valence-corrected chi connectivity index (χ0v) is 14.1. The summed E-state index contributed by atoms with van der Waals surface area (Å²) in [6.45, 7) is 10.8. The zero-order chi connectivity index (χ0) is 13.9. The van der Waals surface area contributed by atoms with E-state index in [1.165, 1.54) is 51.7 Å². The van der Waals surface area contributed by atoms with E-state index in [1.54, 1.807) is 0 Å². The van der Waals surface area contributed by atoms with Crippen LogP contribution in [0, 0.1) is 5.92 Å². The Kier molecular flexibility index (Phi) is 5.62. The summed E-state index contributed by atoms with van der Waals surface area (Å²) in [6.07, 6.45) is 9.35. The van der Waals surface area contributed by atoms with Crippen molar-refractivity contribution in [2.45, 2.75) is 69.7 Å². The highest BCUT2D eigenvalue weighted by molar-refractivity contribution is 8.00. The maximum Gasteiger partial charge on any atom is 0.0284 e. The predicted octanol–water partition coefficient (Wildman–Crippen LogP) is 3.37. The molecule has 19 heavy (non-hydrogen) atoms. The average molecular weight is 285 g/mol. The second-order valence-corrected chi connectivity index (χ2v) is 8.05. The molecule has 1 saturated carbocycles. The van der Waals surface area contributed by atoms with Crippen LogP contribution in [-0.4, -0.2) is 47.6 Å². The van der Waals surface area contributed by atoms with Crippen molar-refractivity contribution in [2.24, 2.45) is 5.92 Å². The van der Waals surface area contributed by atoms with Crippen LogP contribution in [0.25, 0.3) is 0 Å². The van der Waals surface area contributed by atoms with Gasteiger partial charge >= 0.3 is 0 Å². The lowest BCUT2D eigenvalue weighted by Crippen LogP contribution is -2.59. The van der Waals surface area contributed by atoms with Crippen LogP contribution < -0.4 is 5.32 Å². The van der Waals surface area contributed by atoms with Gasteiger partial charge in [0.2, 0.25) is 0 Å². The third-order valence-corrected chi connectivity index (χ3v) is 6.90. The first kappa shape index (κ1) is 15.7. The molecule has 1 aliphatic carbocycles. The Hall–Kier alpha value is 0.270. The van der Waals surface area contributed by atoms with Gasteiger partial charge in [0, 0.05) is 36.5 Å². The average Bonchev–Trinajstić information content (AvgIpc) is 2.89. The van der Waals surface area contributed by atoms with E-state index < -0.39 is 0 Å². The van der Waals surface area contributed by atoms with Crippen molar-refractivity contribution >= 4 is 11.8 Å². The summed E-state index contributed by atoms with van der Waals surface area (Å²) in [5, 5.41) is 3.76. The van der Waals surface area contributed by atoms with Crippen LogP contribution in [0.2, 0.25) is 0 Å². The molecule has 0 spiro atoms. The van der Waals surface area contributed by atoms with Gasteiger partial charge in [-0.25, -0.2) is 0 Å². The van der Waals surface area contributed by atoms with E-state index in [-0.39, 0.29) is 0 Å². The molecule has 0 bridgehead atoms. The Balaban J connectivity index is 1.97. The van der Waals surface area contributed by atoms with Gasteiger partial charge in [-0.05, 0) is 31.9 Å². The molecule has 112 valence electrons. The number of rotatable bonds is 5. The molecule has 1 N–H and O–H groups in total. The molecule has 3 unspecified atom stereocenters. The second-order valence-electron chi connectivity index (χ2n) is 6.77. The molecule has 3 atom stereocenters. The first-order valence-corrected chi connectivity index (χ1v) is 9.35. The summed E-state index contributed by atoms with van der Waals surface area (Å²) < 4.78 is 0.561. The summed E-state index contributed by atoms with van der Waals surface area (Å²) in [6, 6.07) is 1.39. The lowest BCUT2D eigenvalue weighted by Gasteiger charge is -2.44. The van der Waals surface area contributed by atoms with Gasteiger partial charge in [0.15, 0.2) is 0 Å². The van der Waals surface area contributed by atoms with Crippen LogP contribution in [-0.2, 0) is 0 Å². The number of nitrogens with zero attached hydrogens (tertiary/aromatic N) is 1. The number of hydrogen-bond donors (Lipinski definition) is 1. The lowest BCUT2D eigenvalue weighted by atomic mass is 9.94.